The molecule has 0 spiro atoms. The van der Waals surface area contributed by atoms with Crippen LogP contribution in [0.5, 0.6) is 5.75 Å². The summed E-state index contributed by atoms with van der Waals surface area (Å²) in [5.74, 6) is 0.641. The minimum absolute atomic E-state index is 0.0138. The number of carbonyl (C=O) groups is 1. The van der Waals surface area contributed by atoms with Gasteiger partial charge in [0.05, 0.1) is 5.92 Å². The molecule has 1 atom stereocenters. The SMILES string of the molecule is NCc1ccccc1OCCN1CCCC(C(N)=O)C1. The summed E-state index contributed by atoms with van der Waals surface area (Å²) in [4.78, 5) is 13.5. The fraction of sp³-hybridized carbons (Fsp3) is 0.533. The van der Waals surface area contributed by atoms with E-state index in [0.29, 0.717) is 13.2 Å². The average molecular weight is 277 g/mol. The van der Waals surface area contributed by atoms with E-state index in [2.05, 4.69) is 4.90 Å². The summed E-state index contributed by atoms with van der Waals surface area (Å²) in [5.41, 5.74) is 12.1. The molecule has 1 heterocycles. The Morgan fingerprint density at radius 2 is 2.20 bits per heavy atom. The van der Waals surface area contributed by atoms with E-state index in [4.69, 9.17) is 16.2 Å². The molecule has 0 aromatic heterocycles. The van der Waals surface area contributed by atoms with Crippen LogP contribution in [0.2, 0.25) is 0 Å². The number of hydrogen-bond donors (Lipinski definition) is 2. The number of piperidine rings is 1. The number of rotatable bonds is 6. The van der Waals surface area contributed by atoms with Crippen LogP contribution in [0.1, 0.15) is 18.4 Å². The van der Waals surface area contributed by atoms with Crippen LogP contribution >= 0.6 is 0 Å². The summed E-state index contributed by atoms with van der Waals surface area (Å²) in [6.45, 7) is 3.64. The van der Waals surface area contributed by atoms with Crippen molar-refractivity contribution in [2.75, 3.05) is 26.2 Å². The first-order valence-electron chi connectivity index (χ1n) is 7.13. The minimum atomic E-state index is -0.191. The van der Waals surface area contributed by atoms with E-state index in [1.54, 1.807) is 0 Å². The molecular weight excluding hydrogens is 254 g/mol. The van der Waals surface area contributed by atoms with Crippen molar-refractivity contribution in [3.8, 4) is 5.75 Å². The molecule has 1 aliphatic rings. The highest BCUT2D eigenvalue weighted by Crippen LogP contribution is 2.18. The van der Waals surface area contributed by atoms with Gasteiger partial charge in [0, 0.05) is 25.2 Å². The van der Waals surface area contributed by atoms with Crippen LogP contribution < -0.4 is 16.2 Å². The molecule has 1 saturated heterocycles. The Morgan fingerprint density at radius 3 is 2.95 bits per heavy atom. The number of likely N-dealkylation sites (tertiary alicyclic amines) is 1. The largest absolute Gasteiger partial charge is 0.492 e. The standard InChI is InChI=1S/C15H23N3O2/c16-10-12-4-1-2-6-14(12)20-9-8-18-7-3-5-13(11-18)15(17)19/h1-2,4,6,13H,3,5,7-11,16H2,(H2,17,19). The van der Waals surface area contributed by atoms with Crippen LogP contribution in [-0.4, -0.2) is 37.0 Å². The molecule has 1 unspecified atom stereocenters. The third-order valence-electron chi connectivity index (χ3n) is 3.77. The van der Waals surface area contributed by atoms with Crippen molar-refractivity contribution in [2.24, 2.45) is 17.4 Å². The van der Waals surface area contributed by atoms with Gasteiger partial charge in [-0.2, -0.15) is 0 Å². The van der Waals surface area contributed by atoms with Gasteiger partial charge in [0.25, 0.3) is 0 Å². The molecule has 0 bridgehead atoms. The predicted octanol–water partition coefficient (Wildman–Crippen LogP) is 0.721. The summed E-state index contributed by atoms with van der Waals surface area (Å²) in [6, 6.07) is 7.81. The molecule has 110 valence electrons. The zero-order valence-electron chi connectivity index (χ0n) is 11.8. The molecule has 4 N–H and O–H groups in total. The van der Waals surface area contributed by atoms with E-state index in [-0.39, 0.29) is 11.8 Å². The molecule has 0 radical (unpaired) electrons. The summed E-state index contributed by atoms with van der Waals surface area (Å²) >= 11 is 0. The first-order chi connectivity index (χ1) is 9.70. The Hall–Kier alpha value is -1.59. The predicted molar refractivity (Wildman–Crippen MR) is 78.2 cm³/mol. The van der Waals surface area contributed by atoms with Crippen molar-refractivity contribution in [2.45, 2.75) is 19.4 Å². The number of nitrogens with two attached hydrogens (primary N) is 2. The molecule has 1 aromatic rings. The third-order valence-corrected chi connectivity index (χ3v) is 3.77. The van der Waals surface area contributed by atoms with Crippen molar-refractivity contribution in [1.82, 2.24) is 4.90 Å². The highest BCUT2D eigenvalue weighted by atomic mass is 16.5. The van der Waals surface area contributed by atoms with Crippen molar-refractivity contribution >= 4 is 5.91 Å². The Balaban J connectivity index is 1.79. The first kappa shape index (κ1) is 14.8. The molecule has 5 heteroatoms. The van der Waals surface area contributed by atoms with E-state index in [0.717, 1.165) is 43.8 Å². The van der Waals surface area contributed by atoms with Crippen molar-refractivity contribution in [1.29, 1.82) is 0 Å². The van der Waals surface area contributed by atoms with Gasteiger partial charge in [0.15, 0.2) is 0 Å². The van der Waals surface area contributed by atoms with E-state index in [1.165, 1.54) is 0 Å². The monoisotopic (exact) mass is 277 g/mol. The lowest BCUT2D eigenvalue weighted by atomic mass is 9.98. The summed E-state index contributed by atoms with van der Waals surface area (Å²) in [6.07, 6.45) is 1.93. The molecule has 1 aliphatic heterocycles. The molecule has 1 fully saturated rings. The number of primary amides is 1. The summed E-state index contributed by atoms with van der Waals surface area (Å²) in [7, 11) is 0. The van der Waals surface area contributed by atoms with Crippen LogP contribution in [0, 0.1) is 5.92 Å². The fourth-order valence-corrected chi connectivity index (χ4v) is 2.59. The van der Waals surface area contributed by atoms with Gasteiger partial charge >= 0.3 is 0 Å². The Bertz CT molecular complexity index is 450. The smallest absolute Gasteiger partial charge is 0.221 e. The Kier molecular flexibility index (Phi) is 5.38. The topological polar surface area (TPSA) is 81.6 Å². The first-order valence-corrected chi connectivity index (χ1v) is 7.13. The number of amides is 1. The lowest BCUT2D eigenvalue weighted by Crippen LogP contribution is -2.42. The van der Waals surface area contributed by atoms with Crippen LogP contribution in [0.25, 0.3) is 0 Å². The van der Waals surface area contributed by atoms with Crippen molar-refractivity contribution in [3.63, 3.8) is 0 Å². The Labute approximate surface area is 119 Å². The van der Waals surface area contributed by atoms with Gasteiger partial charge in [0.1, 0.15) is 12.4 Å². The van der Waals surface area contributed by atoms with Gasteiger partial charge < -0.3 is 16.2 Å². The lowest BCUT2D eigenvalue weighted by molar-refractivity contribution is -0.123. The highest BCUT2D eigenvalue weighted by molar-refractivity contribution is 5.76. The lowest BCUT2D eigenvalue weighted by Gasteiger charge is -2.30. The number of para-hydroxylation sites is 1. The molecule has 0 aliphatic carbocycles. The molecule has 1 amide bonds. The second kappa shape index (κ2) is 7.26. The van der Waals surface area contributed by atoms with Crippen LogP contribution in [0.15, 0.2) is 24.3 Å². The average Bonchev–Trinajstić information content (AvgIpc) is 2.48. The van der Waals surface area contributed by atoms with E-state index in [9.17, 15) is 4.79 Å². The summed E-state index contributed by atoms with van der Waals surface area (Å²) in [5, 5.41) is 0. The minimum Gasteiger partial charge on any atom is -0.492 e. The van der Waals surface area contributed by atoms with E-state index < -0.39 is 0 Å². The van der Waals surface area contributed by atoms with Crippen molar-refractivity contribution < 1.29 is 9.53 Å². The number of carbonyl (C=O) groups excluding carboxylic acids is 1. The maximum absolute atomic E-state index is 11.2. The van der Waals surface area contributed by atoms with Gasteiger partial charge in [-0.3, -0.25) is 9.69 Å². The molecular formula is C15H23N3O2. The molecule has 0 saturated carbocycles. The number of benzene rings is 1. The van der Waals surface area contributed by atoms with Crippen LogP contribution in [0.4, 0.5) is 0 Å². The zero-order valence-corrected chi connectivity index (χ0v) is 11.8. The Morgan fingerprint density at radius 1 is 1.40 bits per heavy atom. The molecule has 1 aromatic carbocycles. The van der Waals surface area contributed by atoms with Gasteiger partial charge in [-0.1, -0.05) is 18.2 Å². The second-order valence-corrected chi connectivity index (χ2v) is 5.20. The molecule has 2 rings (SSSR count). The van der Waals surface area contributed by atoms with E-state index in [1.807, 2.05) is 24.3 Å². The number of ether oxygens (including phenoxy) is 1. The maximum Gasteiger partial charge on any atom is 0.221 e. The molecule has 20 heavy (non-hydrogen) atoms. The normalized spacial score (nSPS) is 19.8. The van der Waals surface area contributed by atoms with Crippen molar-refractivity contribution in [3.05, 3.63) is 29.8 Å². The third kappa shape index (κ3) is 3.95. The summed E-state index contributed by atoms with van der Waals surface area (Å²) < 4.78 is 5.79. The number of hydrogen-bond acceptors (Lipinski definition) is 4. The maximum atomic E-state index is 11.2. The zero-order chi connectivity index (χ0) is 14.4. The highest BCUT2D eigenvalue weighted by Gasteiger charge is 2.23. The number of nitrogens with zero attached hydrogens (tertiary/aromatic N) is 1. The fourth-order valence-electron chi connectivity index (χ4n) is 2.59. The van der Waals surface area contributed by atoms with Gasteiger partial charge in [-0.05, 0) is 25.5 Å². The molecule has 5 nitrogen and oxygen atoms in total. The van der Waals surface area contributed by atoms with Crippen LogP contribution in [-0.2, 0) is 11.3 Å². The van der Waals surface area contributed by atoms with Gasteiger partial charge in [-0.15, -0.1) is 0 Å². The van der Waals surface area contributed by atoms with Crippen LogP contribution in [0.3, 0.4) is 0 Å². The van der Waals surface area contributed by atoms with Gasteiger partial charge in [-0.25, -0.2) is 0 Å². The quantitative estimate of drug-likeness (QED) is 0.803. The van der Waals surface area contributed by atoms with E-state index >= 15 is 0 Å². The second-order valence-electron chi connectivity index (χ2n) is 5.20. The van der Waals surface area contributed by atoms with Gasteiger partial charge in [0.2, 0.25) is 5.91 Å².